The predicted molar refractivity (Wildman–Crippen MR) is 37.0 cm³/mol. The number of hydrogen-bond acceptors (Lipinski definition) is 3. The fourth-order valence-corrected chi connectivity index (χ4v) is 0.654. The van der Waals surface area contributed by atoms with Crippen molar-refractivity contribution in [3.8, 4) is 6.07 Å². The quantitative estimate of drug-likeness (QED) is 0.546. The minimum Gasteiger partial charge on any atom is -0.314 e. The monoisotopic (exact) mass is 151 g/mol. The van der Waals surface area contributed by atoms with Crippen molar-refractivity contribution in [2.75, 3.05) is 0 Å². The maximum absolute atomic E-state index is 10.8. The molecule has 2 N–H and O–H groups in total. The molecule has 0 atom stereocenters. The van der Waals surface area contributed by atoms with Crippen LogP contribution < -0.4 is 11.2 Å². The fraction of sp³-hybridized carbons (Fsp3) is 0.167. The lowest BCUT2D eigenvalue weighted by atomic mass is 10.3. The van der Waals surface area contributed by atoms with Gasteiger partial charge in [0.15, 0.2) is 0 Å². The first-order valence-corrected chi connectivity index (χ1v) is 2.92. The third-order valence-corrected chi connectivity index (χ3v) is 1.17. The molecule has 0 aliphatic heterocycles. The molecule has 0 radical (unpaired) electrons. The molecule has 0 spiro atoms. The molecule has 11 heavy (non-hydrogen) atoms. The minimum atomic E-state index is -0.559. The third-order valence-electron chi connectivity index (χ3n) is 1.17. The van der Waals surface area contributed by atoms with Gasteiger partial charge in [-0.3, -0.25) is 9.78 Å². The summed E-state index contributed by atoms with van der Waals surface area (Å²) in [5.41, 5.74) is -0.793. The second-order valence-electron chi connectivity index (χ2n) is 1.93. The maximum atomic E-state index is 10.8. The molecule has 5 heteroatoms. The zero-order valence-corrected chi connectivity index (χ0v) is 5.55. The lowest BCUT2D eigenvalue weighted by Crippen LogP contribution is -2.24. The van der Waals surface area contributed by atoms with E-state index in [1.165, 1.54) is 6.20 Å². The van der Waals surface area contributed by atoms with E-state index in [1.54, 1.807) is 6.07 Å². The number of aromatic amines is 2. The van der Waals surface area contributed by atoms with Crippen LogP contribution in [0.1, 0.15) is 5.56 Å². The van der Waals surface area contributed by atoms with Gasteiger partial charge in [-0.2, -0.15) is 5.26 Å². The van der Waals surface area contributed by atoms with E-state index < -0.39 is 11.2 Å². The van der Waals surface area contributed by atoms with Crippen LogP contribution in [0.2, 0.25) is 0 Å². The Morgan fingerprint density at radius 3 is 2.82 bits per heavy atom. The molecule has 0 aromatic carbocycles. The summed E-state index contributed by atoms with van der Waals surface area (Å²) in [4.78, 5) is 25.5. The van der Waals surface area contributed by atoms with Crippen LogP contribution in [0, 0.1) is 11.3 Å². The van der Waals surface area contributed by atoms with Gasteiger partial charge in [0.2, 0.25) is 0 Å². The molecule has 1 aromatic heterocycles. The van der Waals surface area contributed by atoms with Crippen molar-refractivity contribution in [3.05, 3.63) is 32.6 Å². The SMILES string of the molecule is N#CCc1c[nH]c(=O)[nH]c1=O. The molecule has 1 aromatic rings. The van der Waals surface area contributed by atoms with Crippen LogP contribution in [-0.2, 0) is 6.42 Å². The van der Waals surface area contributed by atoms with Crippen LogP contribution in [-0.4, -0.2) is 9.97 Å². The normalized spacial score (nSPS) is 9.00. The van der Waals surface area contributed by atoms with Crippen molar-refractivity contribution in [2.45, 2.75) is 6.42 Å². The van der Waals surface area contributed by atoms with E-state index >= 15 is 0 Å². The highest BCUT2D eigenvalue weighted by molar-refractivity contribution is 5.08. The van der Waals surface area contributed by atoms with Gasteiger partial charge in [0.05, 0.1) is 12.5 Å². The average Bonchev–Trinajstić information content (AvgIpc) is 1.95. The summed E-state index contributed by atoms with van der Waals surface area (Å²) in [7, 11) is 0. The summed E-state index contributed by atoms with van der Waals surface area (Å²) in [5.74, 6) is 0. The second kappa shape index (κ2) is 2.84. The van der Waals surface area contributed by atoms with Gasteiger partial charge in [-0.1, -0.05) is 0 Å². The van der Waals surface area contributed by atoms with Crippen molar-refractivity contribution in [1.29, 1.82) is 5.26 Å². The van der Waals surface area contributed by atoms with E-state index in [1.807, 2.05) is 4.98 Å². The molecule has 0 saturated heterocycles. The first-order valence-electron chi connectivity index (χ1n) is 2.92. The van der Waals surface area contributed by atoms with Crippen LogP contribution in [0.4, 0.5) is 0 Å². The zero-order chi connectivity index (χ0) is 8.27. The number of nitriles is 1. The Morgan fingerprint density at radius 2 is 2.27 bits per heavy atom. The molecule has 0 saturated carbocycles. The number of nitrogens with zero attached hydrogens (tertiary/aromatic N) is 1. The van der Waals surface area contributed by atoms with Crippen molar-refractivity contribution >= 4 is 0 Å². The summed E-state index contributed by atoms with van der Waals surface area (Å²) in [6, 6.07) is 1.80. The molecule has 0 aliphatic rings. The lowest BCUT2D eigenvalue weighted by molar-refractivity contribution is 0.987. The topological polar surface area (TPSA) is 89.5 Å². The third kappa shape index (κ3) is 1.55. The predicted octanol–water partition coefficient (Wildman–Crippen LogP) is -0.871. The molecular weight excluding hydrogens is 146 g/mol. The summed E-state index contributed by atoms with van der Waals surface area (Å²) < 4.78 is 0. The van der Waals surface area contributed by atoms with E-state index in [-0.39, 0.29) is 12.0 Å². The number of hydrogen-bond donors (Lipinski definition) is 2. The number of aromatic nitrogens is 2. The van der Waals surface area contributed by atoms with Gasteiger partial charge in [-0.25, -0.2) is 4.79 Å². The Balaban J connectivity index is 3.23. The van der Waals surface area contributed by atoms with Crippen molar-refractivity contribution in [2.24, 2.45) is 0 Å². The molecule has 0 amide bonds. The number of nitrogens with one attached hydrogen (secondary N) is 2. The highest BCUT2D eigenvalue weighted by Crippen LogP contribution is 1.82. The van der Waals surface area contributed by atoms with Crippen molar-refractivity contribution in [1.82, 2.24) is 9.97 Å². The average molecular weight is 151 g/mol. The van der Waals surface area contributed by atoms with Gasteiger partial charge in [0.1, 0.15) is 0 Å². The summed E-state index contributed by atoms with van der Waals surface area (Å²) in [6.45, 7) is 0. The van der Waals surface area contributed by atoms with Crippen molar-refractivity contribution in [3.63, 3.8) is 0 Å². The minimum absolute atomic E-state index is 0.00606. The first kappa shape index (κ1) is 7.28. The Kier molecular flexibility index (Phi) is 1.88. The molecule has 0 bridgehead atoms. The van der Waals surface area contributed by atoms with Crippen LogP contribution in [0.5, 0.6) is 0 Å². The first-order chi connectivity index (χ1) is 5.24. The summed E-state index contributed by atoms with van der Waals surface area (Å²) in [6.07, 6.45) is 1.25. The molecular formula is C6H5N3O2. The van der Waals surface area contributed by atoms with E-state index in [9.17, 15) is 9.59 Å². The number of rotatable bonds is 1. The Hall–Kier alpha value is -1.83. The van der Waals surface area contributed by atoms with Gasteiger partial charge in [-0.05, 0) is 0 Å². The van der Waals surface area contributed by atoms with E-state index in [2.05, 4.69) is 4.98 Å². The van der Waals surface area contributed by atoms with Gasteiger partial charge >= 0.3 is 5.69 Å². The zero-order valence-electron chi connectivity index (χ0n) is 5.55. The molecule has 0 aliphatic carbocycles. The molecule has 0 fully saturated rings. The van der Waals surface area contributed by atoms with Gasteiger partial charge in [0, 0.05) is 11.8 Å². The second-order valence-corrected chi connectivity index (χ2v) is 1.93. The Bertz CT molecular complexity index is 395. The Labute approximate surface area is 61.3 Å². The molecule has 1 heterocycles. The fourth-order valence-electron chi connectivity index (χ4n) is 0.654. The van der Waals surface area contributed by atoms with Crippen LogP contribution in [0.15, 0.2) is 15.8 Å². The summed E-state index contributed by atoms with van der Waals surface area (Å²) in [5, 5.41) is 8.22. The van der Waals surface area contributed by atoms with E-state index in [0.717, 1.165) is 0 Å². The highest BCUT2D eigenvalue weighted by atomic mass is 16.2. The van der Waals surface area contributed by atoms with Crippen LogP contribution >= 0.6 is 0 Å². The lowest BCUT2D eigenvalue weighted by Gasteiger charge is -1.88. The van der Waals surface area contributed by atoms with Crippen LogP contribution in [0.3, 0.4) is 0 Å². The van der Waals surface area contributed by atoms with Gasteiger partial charge < -0.3 is 4.98 Å². The van der Waals surface area contributed by atoms with Gasteiger partial charge in [-0.15, -0.1) is 0 Å². The molecule has 56 valence electrons. The summed E-state index contributed by atoms with van der Waals surface area (Å²) >= 11 is 0. The largest absolute Gasteiger partial charge is 0.325 e. The van der Waals surface area contributed by atoms with Crippen LogP contribution in [0.25, 0.3) is 0 Å². The molecule has 0 unspecified atom stereocenters. The van der Waals surface area contributed by atoms with Gasteiger partial charge in [0.25, 0.3) is 5.56 Å². The Morgan fingerprint density at radius 1 is 1.55 bits per heavy atom. The standard InChI is InChI=1S/C6H5N3O2/c7-2-1-4-3-8-6(11)9-5(4)10/h3H,1H2,(H2,8,9,10,11). The number of H-pyrrole nitrogens is 2. The molecule has 5 nitrogen and oxygen atoms in total. The molecule has 1 rings (SSSR count). The van der Waals surface area contributed by atoms with E-state index in [0.29, 0.717) is 0 Å². The smallest absolute Gasteiger partial charge is 0.314 e. The highest BCUT2D eigenvalue weighted by Gasteiger charge is 1.96. The van der Waals surface area contributed by atoms with Crippen molar-refractivity contribution < 1.29 is 0 Å². The van der Waals surface area contributed by atoms with E-state index in [4.69, 9.17) is 5.26 Å². The maximum Gasteiger partial charge on any atom is 0.325 e.